The van der Waals surface area contributed by atoms with E-state index < -0.39 is 11.9 Å². The average Bonchev–Trinajstić information content (AvgIpc) is 3.15. The maximum atomic E-state index is 12.2. The van der Waals surface area contributed by atoms with Gasteiger partial charge in [-0.25, -0.2) is 9.59 Å². The van der Waals surface area contributed by atoms with Crippen LogP contribution < -0.4 is 5.32 Å². The lowest BCUT2D eigenvalue weighted by molar-refractivity contribution is -0.159. The Kier molecular flexibility index (Phi) is 8.66. The summed E-state index contributed by atoms with van der Waals surface area (Å²) in [5, 5.41) is 20.8. The van der Waals surface area contributed by atoms with E-state index in [2.05, 4.69) is 35.5 Å². The Bertz CT molecular complexity index is 922. The second-order valence-electron chi connectivity index (χ2n) is 6.77. The molecule has 1 aliphatic rings. The number of carboxylic acid groups (broad SMARTS) is 2. The molecule has 1 aromatic carbocycles. The lowest BCUT2D eigenvalue weighted by Crippen LogP contribution is -2.44. The van der Waals surface area contributed by atoms with E-state index in [0.717, 1.165) is 13.0 Å². The molecule has 2 atom stereocenters. The monoisotopic (exact) mass is 472 g/mol. The van der Waals surface area contributed by atoms with Gasteiger partial charge in [-0.15, -0.1) is 11.3 Å². The van der Waals surface area contributed by atoms with Gasteiger partial charge in [0.1, 0.15) is 0 Å². The van der Waals surface area contributed by atoms with E-state index in [1.807, 2.05) is 11.3 Å². The molecule has 0 spiro atoms. The van der Waals surface area contributed by atoms with Crippen molar-refractivity contribution in [3.63, 3.8) is 0 Å². The molecule has 2 heterocycles. The normalized spacial score (nSPS) is 18.0. The van der Waals surface area contributed by atoms with E-state index in [1.165, 1.54) is 10.4 Å². The van der Waals surface area contributed by atoms with Gasteiger partial charge in [-0.1, -0.05) is 23.2 Å². The molecule has 1 aromatic heterocycles. The van der Waals surface area contributed by atoms with Gasteiger partial charge in [0, 0.05) is 35.6 Å². The van der Waals surface area contributed by atoms with E-state index in [1.54, 1.807) is 18.2 Å². The minimum absolute atomic E-state index is 0.123. The van der Waals surface area contributed by atoms with E-state index in [-0.39, 0.29) is 5.91 Å². The highest BCUT2D eigenvalue weighted by Gasteiger charge is 2.29. The summed E-state index contributed by atoms with van der Waals surface area (Å²) in [5.74, 6) is -3.77. The number of hydrogen-bond donors (Lipinski definition) is 3. The molecule has 1 amide bonds. The van der Waals surface area contributed by atoms with Crippen LogP contribution in [0.4, 0.5) is 0 Å². The third-order valence-electron chi connectivity index (χ3n) is 4.76. The fraction of sp³-hybridized carbons (Fsp3) is 0.350. The van der Waals surface area contributed by atoms with Crippen LogP contribution in [0.5, 0.6) is 0 Å². The Morgan fingerprint density at radius 2 is 1.80 bits per heavy atom. The maximum absolute atomic E-state index is 12.2. The minimum Gasteiger partial charge on any atom is -0.473 e. The summed E-state index contributed by atoms with van der Waals surface area (Å²) in [6.07, 6.45) is 1.07. The number of halogens is 2. The van der Waals surface area contributed by atoms with Crippen LogP contribution in [0.15, 0.2) is 29.6 Å². The van der Waals surface area contributed by atoms with Gasteiger partial charge in [-0.2, -0.15) is 0 Å². The first kappa shape index (κ1) is 24.1. The lowest BCUT2D eigenvalue weighted by atomic mass is 9.97. The third kappa shape index (κ3) is 6.18. The highest BCUT2D eigenvalue weighted by molar-refractivity contribution is 7.10. The molecule has 0 aliphatic carbocycles. The molecule has 0 fully saturated rings. The number of nitrogens with one attached hydrogen (secondary N) is 1. The summed E-state index contributed by atoms with van der Waals surface area (Å²) in [6, 6.07) is 8.04. The number of carbonyl (C=O) groups excluding carboxylic acids is 1. The molecule has 0 radical (unpaired) electrons. The van der Waals surface area contributed by atoms with E-state index in [0.29, 0.717) is 34.2 Å². The number of carboxylic acids is 2. The Balaban J connectivity index is 0.000000469. The maximum Gasteiger partial charge on any atom is 0.414 e. The zero-order valence-electron chi connectivity index (χ0n) is 16.4. The van der Waals surface area contributed by atoms with Crippen LogP contribution in [0.3, 0.4) is 0 Å². The van der Waals surface area contributed by atoms with Crippen molar-refractivity contribution in [3.8, 4) is 0 Å². The Morgan fingerprint density at radius 3 is 2.40 bits per heavy atom. The molecule has 7 nitrogen and oxygen atoms in total. The van der Waals surface area contributed by atoms with Gasteiger partial charge < -0.3 is 15.5 Å². The van der Waals surface area contributed by atoms with Gasteiger partial charge in [0.2, 0.25) is 0 Å². The van der Waals surface area contributed by atoms with E-state index in [9.17, 15) is 4.79 Å². The highest BCUT2D eigenvalue weighted by Crippen LogP contribution is 2.35. The average molecular weight is 473 g/mol. The largest absolute Gasteiger partial charge is 0.473 e. The predicted octanol–water partition coefficient (Wildman–Crippen LogP) is 3.95. The minimum atomic E-state index is -1.82. The van der Waals surface area contributed by atoms with Gasteiger partial charge in [0.05, 0.1) is 10.0 Å². The van der Waals surface area contributed by atoms with Crippen LogP contribution in [-0.4, -0.2) is 52.1 Å². The van der Waals surface area contributed by atoms with Crippen LogP contribution in [0.2, 0.25) is 10.0 Å². The van der Waals surface area contributed by atoms with Crippen molar-refractivity contribution in [1.29, 1.82) is 0 Å². The molecule has 0 saturated heterocycles. The van der Waals surface area contributed by atoms with Gasteiger partial charge >= 0.3 is 11.9 Å². The van der Waals surface area contributed by atoms with Crippen LogP contribution in [-0.2, 0) is 16.0 Å². The van der Waals surface area contributed by atoms with Gasteiger partial charge in [-0.3, -0.25) is 9.69 Å². The first-order chi connectivity index (χ1) is 14.1. The van der Waals surface area contributed by atoms with Crippen LogP contribution in [0.1, 0.15) is 40.7 Å². The standard InChI is InChI=1S/C18H20Cl2N2OS.C2H2O4/c1-11-9-13-5-8-24-17(13)12(2)22(11)7-6-21-18(23)14-3-4-15(19)16(20)10-14;3-1(4)2(5)6/h3-5,8,10-12H,6-7,9H2,1-2H3,(H,21,23);(H,3,4)(H,5,6)/t11-,12+;/m1./s1. The van der Waals surface area contributed by atoms with Crippen molar-refractivity contribution in [1.82, 2.24) is 10.2 Å². The second-order valence-corrected chi connectivity index (χ2v) is 8.53. The quantitative estimate of drug-likeness (QED) is 0.581. The number of thiophene rings is 1. The number of amides is 1. The summed E-state index contributed by atoms with van der Waals surface area (Å²) in [5.41, 5.74) is 2.00. The zero-order valence-corrected chi connectivity index (χ0v) is 18.7. The Hall–Kier alpha value is -2.13. The Labute approximate surface area is 188 Å². The van der Waals surface area contributed by atoms with Crippen molar-refractivity contribution >= 4 is 52.4 Å². The first-order valence-electron chi connectivity index (χ1n) is 9.13. The van der Waals surface area contributed by atoms with Crippen molar-refractivity contribution in [3.05, 3.63) is 55.7 Å². The first-order valence-corrected chi connectivity index (χ1v) is 10.8. The number of hydrogen-bond acceptors (Lipinski definition) is 5. The smallest absolute Gasteiger partial charge is 0.414 e. The molecule has 10 heteroatoms. The zero-order chi connectivity index (χ0) is 22.4. The molecule has 0 saturated carbocycles. The van der Waals surface area contributed by atoms with E-state index >= 15 is 0 Å². The van der Waals surface area contributed by atoms with E-state index in [4.69, 9.17) is 43.0 Å². The third-order valence-corrected chi connectivity index (χ3v) is 6.63. The molecule has 162 valence electrons. The Morgan fingerprint density at radius 1 is 1.13 bits per heavy atom. The molecule has 1 aliphatic heterocycles. The molecular weight excluding hydrogens is 451 g/mol. The van der Waals surface area contributed by atoms with Crippen molar-refractivity contribution < 1.29 is 24.6 Å². The van der Waals surface area contributed by atoms with Gasteiger partial charge in [0.15, 0.2) is 0 Å². The number of fused-ring (bicyclic) bond motifs is 1. The summed E-state index contributed by atoms with van der Waals surface area (Å²) in [7, 11) is 0. The van der Waals surface area contributed by atoms with Crippen LogP contribution in [0.25, 0.3) is 0 Å². The molecule has 30 heavy (non-hydrogen) atoms. The summed E-state index contributed by atoms with van der Waals surface area (Å²) >= 11 is 13.7. The number of aliphatic carboxylic acids is 2. The highest BCUT2D eigenvalue weighted by atomic mass is 35.5. The molecule has 0 unspecified atom stereocenters. The number of nitrogens with zero attached hydrogens (tertiary/aromatic N) is 1. The SMILES string of the molecule is C[C@@H]1Cc2ccsc2[C@H](C)N1CCNC(=O)c1ccc(Cl)c(Cl)c1.O=C(O)C(=O)O. The lowest BCUT2D eigenvalue weighted by Gasteiger charge is -2.38. The van der Waals surface area contributed by atoms with Crippen molar-refractivity contribution in [2.24, 2.45) is 0 Å². The van der Waals surface area contributed by atoms with Crippen molar-refractivity contribution in [2.45, 2.75) is 32.4 Å². The van der Waals surface area contributed by atoms with Crippen LogP contribution in [0, 0.1) is 0 Å². The fourth-order valence-electron chi connectivity index (χ4n) is 3.30. The number of rotatable bonds is 4. The molecule has 0 bridgehead atoms. The second kappa shape index (κ2) is 10.8. The summed E-state index contributed by atoms with van der Waals surface area (Å²) in [4.78, 5) is 34.3. The van der Waals surface area contributed by atoms with Gasteiger partial charge in [-0.05, 0) is 55.5 Å². The topological polar surface area (TPSA) is 107 Å². The summed E-state index contributed by atoms with van der Waals surface area (Å²) in [6.45, 7) is 5.92. The molecule has 2 aromatic rings. The van der Waals surface area contributed by atoms with Crippen molar-refractivity contribution in [2.75, 3.05) is 13.1 Å². The summed E-state index contributed by atoms with van der Waals surface area (Å²) < 4.78 is 0. The fourth-order valence-corrected chi connectivity index (χ4v) is 4.61. The predicted molar refractivity (Wildman–Crippen MR) is 117 cm³/mol. The van der Waals surface area contributed by atoms with Crippen LogP contribution >= 0.6 is 34.5 Å². The van der Waals surface area contributed by atoms with Gasteiger partial charge in [0.25, 0.3) is 5.91 Å². The molecule has 3 rings (SSSR count). The number of benzene rings is 1. The molecular formula is C20H22Cl2N2O5S. The molecule has 3 N–H and O–H groups in total. The number of carbonyl (C=O) groups is 3.